The van der Waals surface area contributed by atoms with E-state index in [2.05, 4.69) is 4.52 Å². The zero-order chi connectivity index (χ0) is 21.6. The Morgan fingerprint density at radius 1 is 1.21 bits per heavy atom. The summed E-state index contributed by atoms with van der Waals surface area (Å²) in [6.45, 7) is 0. The molecule has 1 unspecified atom stereocenters. The number of aliphatic carboxylic acids is 1. The molecule has 1 amide bonds. The van der Waals surface area contributed by atoms with Gasteiger partial charge in [-0.2, -0.15) is 0 Å². The van der Waals surface area contributed by atoms with Crippen LogP contribution in [0.2, 0.25) is 0 Å². The molecule has 1 aromatic carbocycles. The Morgan fingerprint density at radius 3 is 2.48 bits per heavy atom. The van der Waals surface area contributed by atoms with E-state index in [1.54, 1.807) is 12.2 Å². The summed E-state index contributed by atoms with van der Waals surface area (Å²) in [5.41, 5.74) is 1.32. The average Bonchev–Trinajstić information content (AvgIpc) is 2.66. The zero-order valence-corrected chi connectivity index (χ0v) is 16.3. The van der Waals surface area contributed by atoms with Crippen molar-refractivity contribution in [2.75, 3.05) is 0 Å². The summed E-state index contributed by atoms with van der Waals surface area (Å²) in [5, 5.41) is 29.4. The SMILES string of the molecule is NN(C(=O)CCC1=CC=C(O)CC1)C(Cc1ccc(OP(O)O)c(O)c1)C(=O)O. The number of carboxylic acid groups (broad SMARTS) is 1. The molecule has 0 fully saturated rings. The van der Waals surface area contributed by atoms with Crippen molar-refractivity contribution in [2.45, 2.75) is 38.1 Å². The van der Waals surface area contributed by atoms with Crippen LogP contribution in [0.4, 0.5) is 0 Å². The third-order valence-corrected chi connectivity index (χ3v) is 4.77. The van der Waals surface area contributed by atoms with Gasteiger partial charge in [0, 0.05) is 19.3 Å². The number of hydrazine groups is 1. The Morgan fingerprint density at radius 2 is 1.93 bits per heavy atom. The molecule has 0 heterocycles. The number of carbonyl (C=O) groups excluding carboxylic acids is 1. The predicted octanol–water partition coefficient (Wildman–Crippen LogP) is 1.62. The van der Waals surface area contributed by atoms with Gasteiger partial charge in [0.15, 0.2) is 11.5 Å². The molecule has 1 aromatic rings. The highest BCUT2D eigenvalue weighted by Crippen LogP contribution is 2.36. The van der Waals surface area contributed by atoms with Crippen molar-refractivity contribution < 1.29 is 39.2 Å². The average molecular weight is 426 g/mol. The fraction of sp³-hybridized carbons (Fsp3) is 0.333. The third kappa shape index (κ3) is 6.72. The number of aliphatic hydroxyl groups is 1. The Balaban J connectivity index is 2.01. The third-order valence-electron chi connectivity index (χ3n) is 4.41. The fourth-order valence-electron chi connectivity index (χ4n) is 2.83. The van der Waals surface area contributed by atoms with Gasteiger partial charge < -0.3 is 29.6 Å². The van der Waals surface area contributed by atoms with E-state index in [4.69, 9.17) is 15.6 Å². The molecule has 11 heteroatoms. The van der Waals surface area contributed by atoms with Gasteiger partial charge >= 0.3 is 14.6 Å². The first-order chi connectivity index (χ1) is 13.7. The molecule has 10 nitrogen and oxygen atoms in total. The monoisotopic (exact) mass is 426 g/mol. The molecule has 158 valence electrons. The maximum atomic E-state index is 12.4. The smallest absolute Gasteiger partial charge is 0.391 e. The summed E-state index contributed by atoms with van der Waals surface area (Å²) in [6, 6.07) is 2.53. The summed E-state index contributed by atoms with van der Waals surface area (Å²) >= 11 is 0. The van der Waals surface area contributed by atoms with Crippen LogP contribution < -0.4 is 10.4 Å². The van der Waals surface area contributed by atoms with Crippen molar-refractivity contribution in [3.8, 4) is 11.5 Å². The number of nitrogens with zero attached hydrogens (tertiary/aromatic N) is 1. The first-order valence-electron chi connectivity index (χ1n) is 8.72. The molecule has 29 heavy (non-hydrogen) atoms. The fourth-order valence-corrected chi connectivity index (χ4v) is 3.16. The number of hydrogen-bond donors (Lipinski definition) is 6. The van der Waals surface area contributed by atoms with E-state index in [0.29, 0.717) is 29.8 Å². The standard InChI is InChI=1S/C18H23N2O8P/c19-20(17(23)8-4-11-1-5-13(21)6-2-11)14(18(24)25)9-12-3-7-16(15(22)10-12)28-29(26)27/h1,3,5,7,10,14,21-22,26-27H,2,4,6,8-9,19H2,(H,24,25). The molecule has 1 aliphatic carbocycles. The minimum atomic E-state index is -2.71. The maximum Gasteiger partial charge on any atom is 0.391 e. The number of phenolic OH excluding ortho intramolecular Hbond substituents is 1. The molecule has 1 aliphatic rings. The first kappa shape index (κ1) is 22.6. The number of nitrogens with two attached hydrogens (primary N) is 1. The summed E-state index contributed by atoms with van der Waals surface area (Å²) in [7, 11) is -2.71. The topological polar surface area (TPSA) is 174 Å². The van der Waals surface area contributed by atoms with Gasteiger partial charge in [0.25, 0.3) is 0 Å². The normalized spacial score (nSPS) is 14.8. The van der Waals surface area contributed by atoms with Crippen molar-refractivity contribution in [2.24, 2.45) is 5.84 Å². The van der Waals surface area contributed by atoms with E-state index in [0.717, 1.165) is 5.57 Å². The van der Waals surface area contributed by atoms with Crippen LogP contribution in [0.15, 0.2) is 41.7 Å². The van der Waals surface area contributed by atoms with Crippen molar-refractivity contribution in [3.63, 3.8) is 0 Å². The molecule has 0 aromatic heterocycles. The summed E-state index contributed by atoms with van der Waals surface area (Å²) in [4.78, 5) is 41.6. The van der Waals surface area contributed by atoms with Gasteiger partial charge in [-0.3, -0.25) is 9.80 Å². The van der Waals surface area contributed by atoms with Gasteiger partial charge in [0.05, 0.1) is 5.76 Å². The zero-order valence-electron chi connectivity index (χ0n) is 15.4. The Bertz CT molecular complexity index is 824. The van der Waals surface area contributed by atoms with Gasteiger partial charge in [0.1, 0.15) is 6.04 Å². The van der Waals surface area contributed by atoms with E-state index in [9.17, 15) is 24.9 Å². The van der Waals surface area contributed by atoms with Crippen LogP contribution in [0, 0.1) is 0 Å². The predicted molar refractivity (Wildman–Crippen MR) is 104 cm³/mol. The molecule has 2 rings (SSSR count). The highest BCUT2D eigenvalue weighted by molar-refractivity contribution is 7.39. The number of aromatic hydroxyl groups is 1. The number of phenols is 1. The van der Waals surface area contributed by atoms with Crippen LogP contribution in [0.5, 0.6) is 11.5 Å². The number of allylic oxidation sites excluding steroid dienone is 4. The summed E-state index contributed by atoms with van der Waals surface area (Å²) in [6.07, 6.45) is 4.69. The van der Waals surface area contributed by atoms with E-state index in [-0.39, 0.29) is 24.4 Å². The van der Waals surface area contributed by atoms with Crippen LogP contribution in [0.25, 0.3) is 0 Å². The molecule has 0 saturated heterocycles. The second kappa shape index (κ2) is 10.2. The van der Waals surface area contributed by atoms with Crippen LogP contribution in [-0.4, -0.2) is 48.0 Å². The number of carbonyl (C=O) groups is 2. The number of benzene rings is 1. The quantitative estimate of drug-likeness (QED) is 0.148. The highest BCUT2D eigenvalue weighted by Gasteiger charge is 2.28. The maximum absolute atomic E-state index is 12.4. The van der Waals surface area contributed by atoms with Crippen LogP contribution >= 0.6 is 8.60 Å². The molecule has 0 aliphatic heterocycles. The van der Waals surface area contributed by atoms with Crippen LogP contribution in [-0.2, 0) is 16.0 Å². The second-order valence-corrected chi connectivity index (χ2v) is 7.18. The largest absolute Gasteiger partial charge is 0.512 e. The molecule has 0 bridgehead atoms. The Kier molecular flexibility index (Phi) is 7.98. The Hall–Kier alpha value is -2.65. The lowest BCUT2D eigenvalue weighted by Crippen LogP contribution is -2.50. The summed E-state index contributed by atoms with van der Waals surface area (Å²) in [5.74, 6) is 3.61. The molecule has 1 atom stereocenters. The molecular formula is C18H23N2O8P. The van der Waals surface area contributed by atoms with Gasteiger partial charge in [-0.1, -0.05) is 17.7 Å². The van der Waals surface area contributed by atoms with E-state index >= 15 is 0 Å². The van der Waals surface area contributed by atoms with E-state index in [1.165, 1.54) is 18.2 Å². The van der Waals surface area contributed by atoms with Gasteiger partial charge in [-0.25, -0.2) is 10.6 Å². The van der Waals surface area contributed by atoms with Crippen molar-refractivity contribution >= 4 is 20.5 Å². The van der Waals surface area contributed by atoms with Gasteiger partial charge in [-0.15, -0.1) is 0 Å². The lowest BCUT2D eigenvalue weighted by Gasteiger charge is -2.25. The number of amides is 1. The Labute approximate surface area is 168 Å². The molecule has 7 N–H and O–H groups in total. The first-order valence-corrected chi connectivity index (χ1v) is 9.88. The lowest BCUT2D eigenvalue weighted by molar-refractivity contribution is -0.150. The number of hydrogen-bond acceptors (Lipinski definition) is 8. The molecule has 0 radical (unpaired) electrons. The van der Waals surface area contributed by atoms with Crippen LogP contribution in [0.3, 0.4) is 0 Å². The van der Waals surface area contributed by atoms with E-state index in [1.807, 2.05) is 0 Å². The van der Waals surface area contributed by atoms with Crippen molar-refractivity contribution in [1.29, 1.82) is 0 Å². The molecular weight excluding hydrogens is 403 g/mol. The van der Waals surface area contributed by atoms with Crippen molar-refractivity contribution in [1.82, 2.24) is 5.01 Å². The van der Waals surface area contributed by atoms with Crippen molar-refractivity contribution in [3.05, 3.63) is 47.2 Å². The molecule has 0 spiro atoms. The number of carboxylic acids is 1. The number of aliphatic hydroxyl groups excluding tert-OH is 1. The van der Waals surface area contributed by atoms with E-state index < -0.39 is 32.3 Å². The second-order valence-electron chi connectivity index (χ2n) is 6.49. The molecule has 0 saturated carbocycles. The summed E-state index contributed by atoms with van der Waals surface area (Å²) < 4.78 is 4.63. The van der Waals surface area contributed by atoms with Gasteiger partial charge in [-0.05, 0) is 36.6 Å². The minimum Gasteiger partial charge on any atom is -0.512 e. The van der Waals surface area contributed by atoms with Crippen LogP contribution in [0.1, 0.15) is 31.2 Å². The highest BCUT2D eigenvalue weighted by atomic mass is 31.2. The lowest BCUT2D eigenvalue weighted by atomic mass is 9.99. The van der Waals surface area contributed by atoms with Gasteiger partial charge in [0.2, 0.25) is 5.91 Å². The number of rotatable bonds is 9. The minimum absolute atomic E-state index is 0.0231.